The molecule has 2 bridgehead atoms. The summed E-state index contributed by atoms with van der Waals surface area (Å²) in [6.45, 7) is 2.04. The van der Waals surface area contributed by atoms with E-state index in [1.54, 1.807) is 29.9 Å². The molecule has 2 aliphatic heterocycles. The summed E-state index contributed by atoms with van der Waals surface area (Å²) in [4.78, 5) is 30.3. The summed E-state index contributed by atoms with van der Waals surface area (Å²) in [6.07, 6.45) is 2.72. The lowest BCUT2D eigenvalue weighted by Crippen LogP contribution is -2.52. The van der Waals surface area contributed by atoms with Gasteiger partial charge in [0.05, 0.1) is 6.04 Å². The number of rotatable bonds is 4. The number of pyridine rings is 1. The van der Waals surface area contributed by atoms with E-state index in [-0.39, 0.29) is 29.3 Å². The molecule has 3 aromatic rings. The highest BCUT2D eigenvalue weighted by molar-refractivity contribution is 7.13. The van der Waals surface area contributed by atoms with Crippen molar-refractivity contribution in [2.45, 2.75) is 18.4 Å². The van der Waals surface area contributed by atoms with Crippen LogP contribution in [0, 0.1) is 5.92 Å². The lowest BCUT2D eigenvalue weighted by Gasteiger charge is -2.46. The van der Waals surface area contributed by atoms with Crippen molar-refractivity contribution < 1.29 is 4.79 Å². The van der Waals surface area contributed by atoms with Crippen LogP contribution in [0.25, 0.3) is 0 Å². The predicted molar refractivity (Wildman–Crippen MR) is 106 cm³/mol. The van der Waals surface area contributed by atoms with E-state index in [9.17, 15) is 9.59 Å². The summed E-state index contributed by atoms with van der Waals surface area (Å²) in [5, 5.41) is 12.1. The summed E-state index contributed by atoms with van der Waals surface area (Å²) in [5.74, 6) is 0.362. The lowest BCUT2D eigenvalue weighted by molar-refractivity contribution is 0.0930. The molecule has 0 unspecified atom stereocenters. The minimum absolute atomic E-state index is 0.00399. The maximum Gasteiger partial charge on any atom is 0.267 e. The third-order valence-corrected chi connectivity index (χ3v) is 6.48. The fourth-order valence-corrected chi connectivity index (χ4v) is 5.11. The van der Waals surface area contributed by atoms with E-state index < -0.39 is 0 Å². The molecule has 3 aromatic heterocycles. The van der Waals surface area contributed by atoms with Crippen LogP contribution >= 0.6 is 11.3 Å². The molecule has 0 spiro atoms. The Labute approximate surface area is 165 Å². The van der Waals surface area contributed by atoms with Crippen molar-refractivity contribution in [2.75, 3.05) is 24.5 Å². The summed E-state index contributed by atoms with van der Waals surface area (Å²) in [5.41, 5.74) is 3.30. The van der Waals surface area contributed by atoms with E-state index in [1.807, 2.05) is 16.7 Å². The Bertz CT molecular complexity index is 1030. The highest BCUT2D eigenvalue weighted by Crippen LogP contribution is 2.42. The molecule has 9 heteroatoms. The Morgan fingerprint density at radius 3 is 3.00 bits per heavy atom. The van der Waals surface area contributed by atoms with E-state index in [4.69, 9.17) is 0 Å². The lowest BCUT2D eigenvalue weighted by atomic mass is 9.78. The summed E-state index contributed by atoms with van der Waals surface area (Å²) in [6, 6.07) is 8.91. The number of hydrogen-bond donors (Lipinski definition) is 2. The number of carbonyl (C=O) groups is 1. The second-order valence-electron chi connectivity index (χ2n) is 7.34. The number of H-pyrrole nitrogens is 1. The van der Waals surface area contributed by atoms with E-state index in [0.29, 0.717) is 12.2 Å². The number of nitrogens with one attached hydrogen (secondary N) is 2. The van der Waals surface area contributed by atoms with Crippen molar-refractivity contribution in [1.29, 1.82) is 0 Å². The standard InChI is InChI=1S/C19H20N6O2S/c26-17-5-1-4-15-12-7-13(10-24(9-12)19-23-22-11-28-19)16(25(15)17)8-21-18(27)14-3-2-6-20-14/h1-6,11-13,16,20H,7-10H2,(H,21,27)/t12-,13+,16+/m1/s1. The Morgan fingerprint density at radius 2 is 2.21 bits per heavy atom. The topological polar surface area (TPSA) is 95.9 Å². The van der Waals surface area contributed by atoms with Gasteiger partial charge in [-0.15, -0.1) is 10.2 Å². The number of piperidine rings is 1. The smallest absolute Gasteiger partial charge is 0.267 e. The third-order valence-electron chi connectivity index (χ3n) is 5.73. The van der Waals surface area contributed by atoms with Gasteiger partial charge in [-0.25, -0.2) is 0 Å². The van der Waals surface area contributed by atoms with Crippen LogP contribution in [-0.2, 0) is 0 Å². The van der Waals surface area contributed by atoms with Crippen molar-refractivity contribution in [1.82, 2.24) is 25.1 Å². The molecular formula is C19H20N6O2S. The first-order chi connectivity index (χ1) is 13.7. The molecule has 1 amide bonds. The first-order valence-electron chi connectivity index (χ1n) is 9.35. The fraction of sp³-hybridized carbons (Fsp3) is 0.368. The minimum atomic E-state index is -0.158. The number of fused-ring (bicyclic) bond motifs is 4. The summed E-state index contributed by atoms with van der Waals surface area (Å²) in [7, 11) is 0. The largest absolute Gasteiger partial charge is 0.357 e. The van der Waals surface area contributed by atoms with Gasteiger partial charge in [0.25, 0.3) is 11.5 Å². The fourth-order valence-electron chi connectivity index (χ4n) is 4.53. The molecule has 5 rings (SSSR count). The Balaban J connectivity index is 1.46. The molecule has 144 valence electrons. The molecule has 8 nitrogen and oxygen atoms in total. The van der Waals surface area contributed by atoms with Gasteiger partial charge in [0.1, 0.15) is 11.2 Å². The van der Waals surface area contributed by atoms with Crippen LogP contribution in [0.15, 0.2) is 46.8 Å². The van der Waals surface area contributed by atoms with E-state index >= 15 is 0 Å². The maximum atomic E-state index is 12.7. The summed E-state index contributed by atoms with van der Waals surface area (Å²) < 4.78 is 1.89. The van der Waals surface area contributed by atoms with Crippen molar-refractivity contribution >= 4 is 22.4 Å². The van der Waals surface area contributed by atoms with Gasteiger partial charge in [-0.05, 0) is 30.5 Å². The molecule has 0 saturated carbocycles. The van der Waals surface area contributed by atoms with Crippen molar-refractivity contribution in [2.24, 2.45) is 5.92 Å². The highest BCUT2D eigenvalue weighted by atomic mass is 32.1. The van der Waals surface area contributed by atoms with Crippen LogP contribution in [0.4, 0.5) is 5.13 Å². The SMILES string of the molecule is O=C(NC[C@H]1[C@H]2C[C@H](CN(c3nncs3)C2)c2cccc(=O)n21)c1ccc[nH]1. The van der Waals surface area contributed by atoms with Gasteiger partial charge in [-0.2, -0.15) is 0 Å². The Kier molecular flexibility index (Phi) is 4.23. The zero-order valence-electron chi connectivity index (χ0n) is 15.1. The zero-order chi connectivity index (χ0) is 19.1. The van der Waals surface area contributed by atoms with Gasteiger partial charge in [0, 0.05) is 43.5 Å². The Morgan fingerprint density at radius 1 is 1.29 bits per heavy atom. The van der Waals surface area contributed by atoms with Crippen molar-refractivity contribution in [3.63, 3.8) is 0 Å². The number of hydrogen-bond acceptors (Lipinski definition) is 6. The van der Waals surface area contributed by atoms with Crippen LogP contribution in [0.2, 0.25) is 0 Å². The van der Waals surface area contributed by atoms with Gasteiger partial charge in [0.2, 0.25) is 5.13 Å². The average Bonchev–Trinajstić information content (AvgIpc) is 3.42. The average molecular weight is 396 g/mol. The van der Waals surface area contributed by atoms with Gasteiger partial charge in [-0.1, -0.05) is 17.4 Å². The number of anilines is 1. The molecule has 1 saturated heterocycles. The van der Waals surface area contributed by atoms with Gasteiger partial charge >= 0.3 is 0 Å². The van der Waals surface area contributed by atoms with E-state index in [1.165, 1.54) is 11.3 Å². The van der Waals surface area contributed by atoms with E-state index in [0.717, 1.165) is 30.3 Å². The maximum absolute atomic E-state index is 12.7. The second-order valence-corrected chi connectivity index (χ2v) is 8.15. The molecule has 0 radical (unpaired) electrons. The number of aromatic amines is 1. The normalized spacial score (nSPS) is 23.3. The molecule has 0 aromatic carbocycles. The number of nitrogens with zero attached hydrogens (tertiary/aromatic N) is 4. The van der Waals surface area contributed by atoms with Crippen molar-refractivity contribution in [3.8, 4) is 0 Å². The van der Waals surface area contributed by atoms with Gasteiger partial charge in [-0.3, -0.25) is 9.59 Å². The molecule has 1 fully saturated rings. The molecule has 2 N–H and O–H groups in total. The minimum Gasteiger partial charge on any atom is -0.357 e. The van der Waals surface area contributed by atoms with Gasteiger partial charge in [0.15, 0.2) is 0 Å². The molecule has 5 heterocycles. The monoisotopic (exact) mass is 396 g/mol. The van der Waals surface area contributed by atoms with Crippen LogP contribution < -0.4 is 15.8 Å². The predicted octanol–water partition coefficient (Wildman–Crippen LogP) is 1.62. The Hall–Kier alpha value is -2.94. The third kappa shape index (κ3) is 2.91. The summed E-state index contributed by atoms with van der Waals surface area (Å²) >= 11 is 1.53. The van der Waals surface area contributed by atoms with E-state index in [2.05, 4.69) is 25.4 Å². The molecule has 28 heavy (non-hydrogen) atoms. The molecule has 3 atom stereocenters. The first kappa shape index (κ1) is 17.2. The number of amides is 1. The van der Waals surface area contributed by atoms with Crippen molar-refractivity contribution in [3.05, 3.63) is 63.8 Å². The molecular weight excluding hydrogens is 376 g/mol. The highest BCUT2D eigenvalue weighted by Gasteiger charge is 2.41. The zero-order valence-corrected chi connectivity index (χ0v) is 15.9. The van der Waals surface area contributed by atoms with Crippen LogP contribution in [0.1, 0.15) is 34.6 Å². The van der Waals surface area contributed by atoms with Crippen LogP contribution in [0.3, 0.4) is 0 Å². The van der Waals surface area contributed by atoms with Crippen LogP contribution in [0.5, 0.6) is 0 Å². The van der Waals surface area contributed by atoms with Crippen LogP contribution in [-0.4, -0.2) is 45.3 Å². The van der Waals surface area contributed by atoms with Gasteiger partial charge < -0.3 is 19.8 Å². The number of carbonyl (C=O) groups excluding carboxylic acids is 1. The quantitative estimate of drug-likeness (QED) is 0.699. The molecule has 0 aliphatic carbocycles. The first-order valence-corrected chi connectivity index (χ1v) is 10.2. The second kappa shape index (κ2) is 6.90. The number of aromatic nitrogens is 4. The molecule has 2 aliphatic rings.